The van der Waals surface area contributed by atoms with Gasteiger partial charge in [0.25, 0.3) is 0 Å². The number of hydrogen-bond acceptors (Lipinski definition) is 2. The van der Waals surface area contributed by atoms with Gasteiger partial charge in [-0.25, -0.2) is 0 Å². The van der Waals surface area contributed by atoms with Gasteiger partial charge in [0.05, 0.1) is 10.0 Å². The van der Waals surface area contributed by atoms with Crippen LogP contribution in [0.2, 0.25) is 10.0 Å². The number of rotatable bonds is 5. The molecule has 0 aliphatic rings. The summed E-state index contributed by atoms with van der Waals surface area (Å²) in [4.78, 5) is 0. The third-order valence-electron chi connectivity index (χ3n) is 3.21. The first-order valence-electron chi connectivity index (χ1n) is 7.35. The first kappa shape index (κ1) is 18.6. The van der Waals surface area contributed by atoms with Gasteiger partial charge in [-0.3, -0.25) is 0 Å². The molecule has 0 spiro atoms. The van der Waals surface area contributed by atoms with Crippen molar-refractivity contribution in [1.82, 2.24) is 5.32 Å². The molecule has 0 heterocycles. The molecule has 0 radical (unpaired) electrons. The molecule has 2 nitrogen and oxygen atoms in total. The fourth-order valence-electron chi connectivity index (χ4n) is 1.98. The molecule has 0 amide bonds. The summed E-state index contributed by atoms with van der Waals surface area (Å²) in [5, 5.41) is 4.57. The van der Waals surface area contributed by atoms with E-state index >= 15 is 0 Å². The quantitative estimate of drug-likeness (QED) is 0.624. The standard InChI is InChI=1S/C18H20BrCl2NO/c1-18(2,3)22-10-13-9-14(19)5-7-17(13)23-11-12-4-6-15(20)16(21)8-12/h4-9,22H,10-11H2,1-3H3. The topological polar surface area (TPSA) is 21.3 Å². The Morgan fingerprint density at radius 1 is 1.04 bits per heavy atom. The van der Waals surface area contributed by atoms with Crippen LogP contribution in [0.15, 0.2) is 40.9 Å². The van der Waals surface area contributed by atoms with Crippen LogP contribution in [-0.2, 0) is 13.2 Å². The molecule has 2 aromatic rings. The Morgan fingerprint density at radius 2 is 1.78 bits per heavy atom. The van der Waals surface area contributed by atoms with Crippen LogP contribution < -0.4 is 10.1 Å². The van der Waals surface area contributed by atoms with Crippen LogP contribution in [-0.4, -0.2) is 5.54 Å². The van der Waals surface area contributed by atoms with Crippen molar-refractivity contribution in [3.63, 3.8) is 0 Å². The van der Waals surface area contributed by atoms with Crippen molar-refractivity contribution >= 4 is 39.1 Å². The molecule has 1 N–H and O–H groups in total. The van der Waals surface area contributed by atoms with Crippen molar-refractivity contribution < 1.29 is 4.74 Å². The molecule has 0 saturated carbocycles. The molecule has 0 fully saturated rings. The van der Waals surface area contributed by atoms with Crippen LogP contribution in [0.1, 0.15) is 31.9 Å². The van der Waals surface area contributed by atoms with Gasteiger partial charge in [0, 0.05) is 22.1 Å². The van der Waals surface area contributed by atoms with Crippen LogP contribution in [0.3, 0.4) is 0 Å². The van der Waals surface area contributed by atoms with E-state index in [9.17, 15) is 0 Å². The van der Waals surface area contributed by atoms with Crippen molar-refractivity contribution in [2.24, 2.45) is 0 Å². The molecule has 0 unspecified atom stereocenters. The van der Waals surface area contributed by atoms with E-state index in [1.807, 2.05) is 24.3 Å². The summed E-state index contributed by atoms with van der Waals surface area (Å²) in [7, 11) is 0. The summed E-state index contributed by atoms with van der Waals surface area (Å²) in [5.41, 5.74) is 2.13. The molecule has 5 heteroatoms. The molecule has 23 heavy (non-hydrogen) atoms. The molecule has 2 aromatic carbocycles. The maximum absolute atomic E-state index is 6.04. The highest BCUT2D eigenvalue weighted by molar-refractivity contribution is 9.10. The van der Waals surface area contributed by atoms with Crippen molar-refractivity contribution in [2.45, 2.75) is 39.5 Å². The van der Waals surface area contributed by atoms with Crippen LogP contribution in [0, 0.1) is 0 Å². The van der Waals surface area contributed by atoms with Crippen LogP contribution in [0.4, 0.5) is 0 Å². The van der Waals surface area contributed by atoms with Gasteiger partial charge >= 0.3 is 0 Å². The van der Waals surface area contributed by atoms with Crippen molar-refractivity contribution in [3.05, 3.63) is 62.0 Å². The number of halogens is 3. The lowest BCUT2D eigenvalue weighted by molar-refractivity contribution is 0.300. The second-order valence-corrected chi connectivity index (χ2v) is 8.12. The second-order valence-electron chi connectivity index (χ2n) is 6.39. The van der Waals surface area contributed by atoms with Gasteiger partial charge in [-0.2, -0.15) is 0 Å². The van der Waals surface area contributed by atoms with Gasteiger partial charge in [-0.15, -0.1) is 0 Å². The van der Waals surface area contributed by atoms with Crippen molar-refractivity contribution in [3.8, 4) is 5.75 Å². The van der Waals surface area contributed by atoms with Crippen molar-refractivity contribution in [2.75, 3.05) is 0 Å². The van der Waals surface area contributed by atoms with Crippen LogP contribution >= 0.6 is 39.1 Å². The van der Waals surface area contributed by atoms with E-state index in [1.165, 1.54) is 0 Å². The lowest BCUT2D eigenvalue weighted by Crippen LogP contribution is -2.35. The van der Waals surface area contributed by atoms with Crippen LogP contribution in [0.5, 0.6) is 5.75 Å². The van der Waals surface area contributed by atoms with E-state index in [4.69, 9.17) is 27.9 Å². The molecule has 0 aromatic heterocycles. The third-order valence-corrected chi connectivity index (χ3v) is 4.44. The van der Waals surface area contributed by atoms with E-state index in [1.54, 1.807) is 6.07 Å². The van der Waals surface area contributed by atoms with E-state index in [0.717, 1.165) is 27.9 Å². The second kappa shape index (κ2) is 7.89. The molecular formula is C18H20BrCl2NO. The average Bonchev–Trinajstić information content (AvgIpc) is 2.47. The third kappa shape index (κ3) is 6.00. The van der Waals surface area contributed by atoms with Gasteiger partial charge in [0.15, 0.2) is 0 Å². The fourth-order valence-corrected chi connectivity index (χ4v) is 2.71. The highest BCUT2D eigenvalue weighted by Gasteiger charge is 2.12. The van der Waals surface area contributed by atoms with Gasteiger partial charge in [0.1, 0.15) is 12.4 Å². The molecule has 0 saturated heterocycles. The highest BCUT2D eigenvalue weighted by Crippen LogP contribution is 2.26. The smallest absolute Gasteiger partial charge is 0.124 e. The fraction of sp³-hybridized carbons (Fsp3) is 0.333. The zero-order valence-electron chi connectivity index (χ0n) is 13.4. The molecular weight excluding hydrogens is 397 g/mol. The normalized spacial score (nSPS) is 11.6. The van der Waals surface area contributed by atoms with Gasteiger partial charge in [0.2, 0.25) is 0 Å². The molecule has 2 rings (SSSR count). The van der Waals surface area contributed by atoms with Gasteiger partial charge < -0.3 is 10.1 Å². The Morgan fingerprint density at radius 3 is 2.43 bits per heavy atom. The minimum atomic E-state index is 0.0449. The predicted molar refractivity (Wildman–Crippen MR) is 102 cm³/mol. The predicted octanol–water partition coefficient (Wildman–Crippen LogP) is 6.22. The van der Waals surface area contributed by atoms with E-state index in [0.29, 0.717) is 16.7 Å². The lowest BCUT2D eigenvalue weighted by Gasteiger charge is -2.22. The zero-order chi connectivity index (χ0) is 17.0. The minimum Gasteiger partial charge on any atom is -0.489 e. The molecule has 0 aliphatic carbocycles. The van der Waals surface area contributed by atoms with E-state index in [2.05, 4.69) is 48.1 Å². The monoisotopic (exact) mass is 415 g/mol. The number of ether oxygens (including phenoxy) is 1. The summed E-state index contributed by atoms with van der Waals surface area (Å²) in [5.74, 6) is 0.857. The summed E-state index contributed by atoms with van der Waals surface area (Å²) in [6, 6.07) is 11.6. The SMILES string of the molecule is CC(C)(C)NCc1cc(Br)ccc1OCc1ccc(Cl)c(Cl)c1. The zero-order valence-corrected chi connectivity index (χ0v) is 16.5. The Kier molecular flexibility index (Phi) is 6.38. The summed E-state index contributed by atoms with van der Waals surface area (Å²) >= 11 is 15.5. The van der Waals surface area contributed by atoms with Gasteiger partial charge in [-0.1, -0.05) is 45.2 Å². The highest BCUT2D eigenvalue weighted by atomic mass is 79.9. The minimum absolute atomic E-state index is 0.0449. The molecule has 0 atom stereocenters. The summed E-state index contributed by atoms with van der Waals surface area (Å²) in [6.45, 7) is 7.60. The number of nitrogens with one attached hydrogen (secondary N) is 1. The van der Waals surface area contributed by atoms with Crippen LogP contribution in [0.25, 0.3) is 0 Å². The Labute approximate surface area is 156 Å². The maximum atomic E-state index is 6.04. The first-order valence-corrected chi connectivity index (χ1v) is 8.90. The first-order chi connectivity index (χ1) is 10.7. The number of benzene rings is 2. The molecule has 124 valence electrons. The van der Waals surface area contributed by atoms with Crippen molar-refractivity contribution in [1.29, 1.82) is 0 Å². The number of hydrogen-bond donors (Lipinski definition) is 1. The summed E-state index contributed by atoms with van der Waals surface area (Å²) in [6.07, 6.45) is 0. The molecule has 0 aliphatic heterocycles. The maximum Gasteiger partial charge on any atom is 0.124 e. The Hall–Kier alpha value is -0.740. The lowest BCUT2D eigenvalue weighted by atomic mass is 10.1. The van der Waals surface area contributed by atoms with E-state index < -0.39 is 0 Å². The largest absolute Gasteiger partial charge is 0.489 e. The Bertz CT molecular complexity index is 683. The van der Waals surface area contributed by atoms with Gasteiger partial charge in [-0.05, 0) is 56.7 Å². The summed E-state index contributed by atoms with van der Waals surface area (Å²) < 4.78 is 7.01. The van der Waals surface area contributed by atoms with E-state index in [-0.39, 0.29) is 5.54 Å². The Balaban J connectivity index is 2.10. The average molecular weight is 417 g/mol. The molecule has 0 bridgehead atoms.